The average molecular weight is 498 g/mol. The molecule has 11 nitrogen and oxygen atoms in total. The van der Waals surface area contributed by atoms with Gasteiger partial charge < -0.3 is 4.90 Å². The number of fused-ring (bicyclic) bond motifs is 1. The molecule has 34 heavy (non-hydrogen) atoms. The Kier molecular flexibility index (Phi) is 6.04. The van der Waals surface area contributed by atoms with Gasteiger partial charge >= 0.3 is 0 Å². The maximum Gasteiger partial charge on any atom is 0.279 e. The maximum atomic E-state index is 13.1. The molecule has 0 atom stereocenters. The van der Waals surface area contributed by atoms with Crippen LogP contribution in [0.1, 0.15) is 63.1 Å². The van der Waals surface area contributed by atoms with Crippen LogP contribution in [0.25, 0.3) is 5.65 Å². The summed E-state index contributed by atoms with van der Waals surface area (Å²) in [5.74, 6) is -0.104. The van der Waals surface area contributed by atoms with Crippen LogP contribution in [0.3, 0.4) is 0 Å². The zero-order valence-electron chi connectivity index (χ0n) is 19.0. The third-order valence-electron chi connectivity index (χ3n) is 5.94. The second-order valence-corrected chi connectivity index (χ2v) is 9.80. The fourth-order valence-corrected chi connectivity index (χ4v) is 5.70. The maximum absolute atomic E-state index is 13.1. The summed E-state index contributed by atoms with van der Waals surface area (Å²) in [7, 11) is 0. The number of piperidine rings is 1. The summed E-state index contributed by atoms with van der Waals surface area (Å²) in [6.07, 6.45) is 1.55. The fraction of sp³-hybridized carbons (Fsp3) is 0.429. The predicted octanol–water partition coefficient (Wildman–Crippen LogP) is 2.74. The second kappa shape index (κ2) is 9.14. The minimum atomic E-state index is -0.173. The first-order valence-corrected chi connectivity index (χ1v) is 12.7. The summed E-state index contributed by atoms with van der Waals surface area (Å²) in [5.41, 5.74) is 4.50. The van der Waals surface area contributed by atoms with Gasteiger partial charge in [0.15, 0.2) is 11.3 Å². The molecule has 4 aromatic heterocycles. The van der Waals surface area contributed by atoms with E-state index in [1.165, 1.54) is 22.7 Å². The summed E-state index contributed by atoms with van der Waals surface area (Å²) in [6, 6.07) is 1.83. The van der Waals surface area contributed by atoms with Gasteiger partial charge in [-0.2, -0.15) is 5.10 Å². The summed E-state index contributed by atoms with van der Waals surface area (Å²) in [5, 5.41) is 23.8. The quantitative estimate of drug-likeness (QED) is 0.412. The van der Waals surface area contributed by atoms with Crippen molar-refractivity contribution in [1.29, 1.82) is 0 Å². The molecule has 5 rings (SSSR count). The number of carbonyl (C=O) groups is 2. The van der Waals surface area contributed by atoms with Gasteiger partial charge in [0.25, 0.3) is 11.8 Å². The Labute approximate surface area is 203 Å². The Balaban J connectivity index is 1.25. The van der Waals surface area contributed by atoms with Gasteiger partial charge in [0, 0.05) is 37.0 Å². The molecule has 0 aromatic carbocycles. The van der Waals surface area contributed by atoms with Gasteiger partial charge in [-0.3, -0.25) is 14.5 Å². The highest BCUT2D eigenvalue weighted by Gasteiger charge is 2.30. The van der Waals surface area contributed by atoms with Crippen LogP contribution in [-0.2, 0) is 0 Å². The smallest absolute Gasteiger partial charge is 0.279 e. The average Bonchev–Trinajstić information content (AvgIpc) is 3.60. The van der Waals surface area contributed by atoms with E-state index in [1.807, 2.05) is 31.7 Å². The Hall–Kier alpha value is -3.32. The third kappa shape index (κ3) is 4.05. The molecule has 0 aliphatic carbocycles. The molecule has 1 aliphatic rings. The van der Waals surface area contributed by atoms with E-state index in [0.29, 0.717) is 47.5 Å². The van der Waals surface area contributed by atoms with Crippen molar-refractivity contribution in [1.82, 2.24) is 39.9 Å². The Morgan fingerprint density at radius 2 is 1.94 bits per heavy atom. The van der Waals surface area contributed by atoms with Crippen molar-refractivity contribution in [2.24, 2.45) is 0 Å². The molecule has 13 heteroatoms. The van der Waals surface area contributed by atoms with E-state index in [9.17, 15) is 9.59 Å². The normalized spacial score (nSPS) is 14.6. The summed E-state index contributed by atoms with van der Waals surface area (Å²) in [4.78, 5) is 34.1. The van der Waals surface area contributed by atoms with Crippen molar-refractivity contribution >= 4 is 45.3 Å². The molecular weight excluding hydrogens is 474 g/mol. The minimum absolute atomic E-state index is 0.135. The van der Waals surface area contributed by atoms with Crippen molar-refractivity contribution in [2.45, 2.75) is 39.5 Å². The lowest BCUT2D eigenvalue weighted by Crippen LogP contribution is -2.39. The van der Waals surface area contributed by atoms with Crippen molar-refractivity contribution in [3.8, 4) is 0 Å². The lowest BCUT2D eigenvalue weighted by molar-refractivity contribution is 0.0704. The zero-order chi connectivity index (χ0) is 23.8. The molecule has 1 saturated heterocycles. The highest BCUT2D eigenvalue weighted by Crippen LogP contribution is 2.31. The summed E-state index contributed by atoms with van der Waals surface area (Å²) in [6.45, 7) is 7.30. The van der Waals surface area contributed by atoms with Crippen molar-refractivity contribution in [3.63, 3.8) is 0 Å². The molecule has 1 aliphatic heterocycles. The first-order valence-electron chi connectivity index (χ1n) is 11.0. The lowest BCUT2D eigenvalue weighted by Gasteiger charge is -2.31. The Bertz CT molecular complexity index is 1340. The predicted molar refractivity (Wildman–Crippen MR) is 128 cm³/mol. The number of hydrogen-bond acceptors (Lipinski definition) is 10. The molecule has 5 heterocycles. The minimum Gasteiger partial charge on any atom is -0.337 e. The lowest BCUT2D eigenvalue weighted by atomic mass is 9.97. The summed E-state index contributed by atoms with van der Waals surface area (Å²) >= 11 is 2.82. The largest absolute Gasteiger partial charge is 0.337 e. The summed E-state index contributed by atoms with van der Waals surface area (Å²) < 4.78 is 1.66. The van der Waals surface area contributed by atoms with E-state index in [-0.39, 0.29) is 17.7 Å². The Morgan fingerprint density at radius 1 is 1.15 bits per heavy atom. The molecule has 0 bridgehead atoms. The van der Waals surface area contributed by atoms with Gasteiger partial charge in [0.1, 0.15) is 11.2 Å². The van der Waals surface area contributed by atoms with Crippen LogP contribution in [0.2, 0.25) is 0 Å². The number of likely N-dealkylation sites (tertiary alicyclic amines) is 1. The molecule has 1 fully saturated rings. The van der Waals surface area contributed by atoms with Gasteiger partial charge in [-0.25, -0.2) is 9.50 Å². The number of rotatable bonds is 5. The SMILES string of the molecule is CCN(C(=O)c1csc(C2CCN(C(=O)c3nnc4cc(C)nn4c3C)CC2)n1)c1nncs1. The van der Waals surface area contributed by atoms with Crippen LogP contribution in [0.5, 0.6) is 0 Å². The van der Waals surface area contributed by atoms with Crippen LogP contribution < -0.4 is 4.90 Å². The van der Waals surface area contributed by atoms with Crippen molar-refractivity contribution in [2.75, 3.05) is 24.5 Å². The van der Waals surface area contributed by atoms with E-state index < -0.39 is 0 Å². The van der Waals surface area contributed by atoms with Gasteiger partial charge in [-0.15, -0.1) is 31.7 Å². The van der Waals surface area contributed by atoms with Crippen LogP contribution >= 0.6 is 22.7 Å². The third-order valence-corrected chi connectivity index (χ3v) is 7.66. The zero-order valence-corrected chi connectivity index (χ0v) is 20.6. The standard InChI is InChI=1S/C21H23N9O2S2/c1-4-29(21-26-22-11-34-21)19(31)15-10-33-18(23-15)14-5-7-28(8-6-14)20(32)17-13(3)30-16(24-25-17)9-12(2)27-30/h9-11,14H,4-8H2,1-3H3. The van der Waals surface area contributed by atoms with Gasteiger partial charge in [-0.1, -0.05) is 11.3 Å². The molecule has 0 saturated carbocycles. The highest BCUT2D eigenvalue weighted by molar-refractivity contribution is 7.13. The number of aromatic nitrogens is 7. The number of carbonyl (C=O) groups excluding carboxylic acids is 2. The van der Waals surface area contributed by atoms with Crippen LogP contribution in [0.15, 0.2) is 17.0 Å². The van der Waals surface area contributed by atoms with Crippen LogP contribution in [0, 0.1) is 13.8 Å². The molecule has 0 N–H and O–H groups in total. The first kappa shape index (κ1) is 22.5. The van der Waals surface area contributed by atoms with Crippen molar-refractivity contribution in [3.05, 3.63) is 44.7 Å². The fourth-order valence-electron chi connectivity index (χ4n) is 4.12. The second-order valence-electron chi connectivity index (χ2n) is 8.10. The highest BCUT2D eigenvalue weighted by atomic mass is 32.1. The number of thiazole rings is 1. The van der Waals surface area contributed by atoms with E-state index in [1.54, 1.807) is 20.3 Å². The molecule has 176 valence electrons. The molecule has 0 unspecified atom stereocenters. The first-order chi connectivity index (χ1) is 16.5. The molecule has 4 aromatic rings. The number of aryl methyl sites for hydroxylation is 2. The van der Waals surface area contributed by atoms with Crippen LogP contribution in [-0.4, -0.2) is 71.3 Å². The van der Waals surface area contributed by atoms with E-state index in [4.69, 9.17) is 0 Å². The Morgan fingerprint density at radius 3 is 2.65 bits per heavy atom. The topological polar surface area (TPSA) is 122 Å². The molecule has 2 amide bonds. The molecule has 0 radical (unpaired) electrons. The van der Waals surface area contributed by atoms with E-state index in [2.05, 4.69) is 30.5 Å². The number of nitrogens with zero attached hydrogens (tertiary/aromatic N) is 9. The van der Waals surface area contributed by atoms with Gasteiger partial charge in [0.2, 0.25) is 5.13 Å². The van der Waals surface area contributed by atoms with Gasteiger partial charge in [-0.05, 0) is 33.6 Å². The number of anilines is 1. The van der Waals surface area contributed by atoms with E-state index >= 15 is 0 Å². The van der Waals surface area contributed by atoms with Gasteiger partial charge in [0.05, 0.1) is 16.4 Å². The van der Waals surface area contributed by atoms with Crippen molar-refractivity contribution < 1.29 is 9.59 Å². The number of hydrogen-bond donors (Lipinski definition) is 0. The molecular formula is C21H23N9O2S2. The van der Waals surface area contributed by atoms with E-state index in [0.717, 1.165) is 23.5 Å². The molecule has 0 spiro atoms. The monoisotopic (exact) mass is 497 g/mol. The van der Waals surface area contributed by atoms with Crippen LogP contribution in [0.4, 0.5) is 5.13 Å². The number of amides is 2.